The number of benzene rings is 1. The molecule has 2 aromatic heterocycles. The van der Waals surface area contributed by atoms with Gasteiger partial charge >= 0.3 is 0 Å². The monoisotopic (exact) mass is 385 g/mol. The van der Waals surface area contributed by atoms with Crippen LogP contribution in [0.15, 0.2) is 78.2 Å². The lowest BCUT2D eigenvalue weighted by Gasteiger charge is -2.18. The van der Waals surface area contributed by atoms with Crippen molar-refractivity contribution in [2.75, 3.05) is 6.54 Å². The molecule has 1 amide bonds. The van der Waals surface area contributed by atoms with Crippen LogP contribution in [0.3, 0.4) is 0 Å². The van der Waals surface area contributed by atoms with E-state index in [0.29, 0.717) is 11.1 Å². The Morgan fingerprint density at radius 3 is 2.26 bits per heavy atom. The van der Waals surface area contributed by atoms with Crippen LogP contribution in [0.4, 0.5) is 4.39 Å². The van der Waals surface area contributed by atoms with Crippen LogP contribution in [-0.2, 0) is 9.84 Å². The predicted molar refractivity (Wildman–Crippen MR) is 97.1 cm³/mol. The van der Waals surface area contributed by atoms with Crippen molar-refractivity contribution in [2.24, 2.45) is 0 Å². The fourth-order valence-corrected chi connectivity index (χ4v) is 4.19. The molecule has 0 saturated heterocycles. The third-order valence-electron chi connectivity index (χ3n) is 3.94. The number of nitrogens with zero attached hydrogens (tertiary/aromatic N) is 2. The molecule has 3 rings (SSSR count). The first-order chi connectivity index (χ1) is 13.0. The maximum atomic E-state index is 13.2. The lowest BCUT2D eigenvalue weighted by atomic mass is 10.2. The number of carbonyl (C=O) groups excluding carboxylic acids is 1. The van der Waals surface area contributed by atoms with Crippen LogP contribution in [0.2, 0.25) is 0 Å². The van der Waals surface area contributed by atoms with Crippen molar-refractivity contribution in [1.82, 2.24) is 15.3 Å². The average Bonchev–Trinajstić information content (AvgIpc) is 2.69. The number of amides is 1. The first kappa shape index (κ1) is 18.7. The summed E-state index contributed by atoms with van der Waals surface area (Å²) in [4.78, 5) is 20.1. The van der Waals surface area contributed by atoms with Crippen molar-refractivity contribution in [3.05, 3.63) is 90.3 Å². The number of hydrogen-bond donors (Lipinski definition) is 1. The second kappa shape index (κ2) is 8.05. The summed E-state index contributed by atoms with van der Waals surface area (Å²) in [7, 11) is -3.89. The zero-order valence-corrected chi connectivity index (χ0v) is 14.9. The molecule has 27 heavy (non-hydrogen) atoms. The summed E-state index contributed by atoms with van der Waals surface area (Å²) < 4.78 is 39.3. The van der Waals surface area contributed by atoms with Gasteiger partial charge in [0.15, 0.2) is 9.84 Å². The molecule has 0 bridgehead atoms. The molecule has 1 N–H and O–H groups in total. The molecule has 2 heterocycles. The van der Waals surface area contributed by atoms with Gasteiger partial charge in [0.25, 0.3) is 5.91 Å². The van der Waals surface area contributed by atoms with Crippen molar-refractivity contribution in [1.29, 1.82) is 0 Å². The Hall–Kier alpha value is -3.13. The standard InChI is InChI=1S/C19H16FN3O3S/c20-16-5-7-17(8-6-16)27(25,26)18(14-3-1-9-21-11-14)13-23-19(24)15-4-2-10-22-12-15/h1-12,18H,13H2,(H,23,24)/t18-/m1/s1. The highest BCUT2D eigenvalue weighted by Gasteiger charge is 2.30. The van der Waals surface area contributed by atoms with Gasteiger partial charge in [-0.2, -0.15) is 0 Å². The van der Waals surface area contributed by atoms with Crippen molar-refractivity contribution in [3.8, 4) is 0 Å². The second-order valence-electron chi connectivity index (χ2n) is 5.73. The van der Waals surface area contributed by atoms with Crippen LogP contribution in [0.1, 0.15) is 21.2 Å². The third kappa shape index (κ3) is 4.35. The second-order valence-corrected chi connectivity index (χ2v) is 7.86. The lowest BCUT2D eigenvalue weighted by Crippen LogP contribution is -2.32. The van der Waals surface area contributed by atoms with Crippen LogP contribution in [-0.4, -0.2) is 30.8 Å². The number of hydrogen-bond acceptors (Lipinski definition) is 5. The molecular weight excluding hydrogens is 369 g/mol. The Labute approximate surface area is 156 Å². The van der Waals surface area contributed by atoms with E-state index in [9.17, 15) is 17.6 Å². The summed E-state index contributed by atoms with van der Waals surface area (Å²) in [5, 5.41) is 1.55. The molecule has 1 aromatic carbocycles. The van der Waals surface area contributed by atoms with Crippen molar-refractivity contribution in [2.45, 2.75) is 10.1 Å². The number of halogens is 1. The van der Waals surface area contributed by atoms with Crippen molar-refractivity contribution < 1.29 is 17.6 Å². The normalized spacial score (nSPS) is 12.3. The highest BCUT2D eigenvalue weighted by Crippen LogP contribution is 2.28. The van der Waals surface area contributed by atoms with Crippen LogP contribution >= 0.6 is 0 Å². The largest absolute Gasteiger partial charge is 0.350 e. The summed E-state index contributed by atoms with van der Waals surface area (Å²) in [5.74, 6) is -0.969. The first-order valence-electron chi connectivity index (χ1n) is 8.06. The number of aromatic nitrogens is 2. The molecule has 0 saturated carbocycles. The smallest absolute Gasteiger partial charge is 0.252 e. The van der Waals surface area contributed by atoms with Gasteiger partial charge in [0.05, 0.1) is 10.5 Å². The van der Waals surface area contributed by atoms with Gasteiger partial charge in [-0.15, -0.1) is 0 Å². The summed E-state index contributed by atoms with van der Waals surface area (Å²) in [6.45, 7) is -0.168. The van der Waals surface area contributed by atoms with E-state index >= 15 is 0 Å². The van der Waals surface area contributed by atoms with E-state index in [-0.39, 0.29) is 11.4 Å². The highest BCUT2D eigenvalue weighted by molar-refractivity contribution is 7.91. The van der Waals surface area contributed by atoms with E-state index in [0.717, 1.165) is 12.1 Å². The average molecular weight is 385 g/mol. The first-order valence-corrected chi connectivity index (χ1v) is 9.61. The van der Waals surface area contributed by atoms with Gasteiger partial charge in [0, 0.05) is 31.3 Å². The Morgan fingerprint density at radius 2 is 1.67 bits per heavy atom. The van der Waals surface area contributed by atoms with Crippen LogP contribution < -0.4 is 5.32 Å². The fraction of sp³-hybridized carbons (Fsp3) is 0.105. The van der Waals surface area contributed by atoms with Crippen LogP contribution in [0.25, 0.3) is 0 Å². The maximum absolute atomic E-state index is 13.2. The topological polar surface area (TPSA) is 89.0 Å². The van der Waals surface area contributed by atoms with Gasteiger partial charge < -0.3 is 5.32 Å². The fourth-order valence-electron chi connectivity index (χ4n) is 2.55. The minimum atomic E-state index is -3.89. The zero-order valence-electron chi connectivity index (χ0n) is 14.1. The molecule has 0 fully saturated rings. The number of rotatable bonds is 6. The van der Waals surface area contributed by atoms with Gasteiger partial charge in [-0.25, -0.2) is 12.8 Å². The summed E-state index contributed by atoms with van der Waals surface area (Å²) >= 11 is 0. The molecule has 1 atom stereocenters. The third-order valence-corrected chi connectivity index (χ3v) is 6.06. The zero-order chi connectivity index (χ0) is 19.3. The van der Waals surface area contributed by atoms with E-state index in [4.69, 9.17) is 0 Å². The van der Waals surface area contributed by atoms with Crippen LogP contribution in [0.5, 0.6) is 0 Å². The quantitative estimate of drug-likeness (QED) is 0.659. The molecular formula is C19H16FN3O3S. The molecule has 8 heteroatoms. The SMILES string of the molecule is O=C(NC[C@H](c1cccnc1)S(=O)(=O)c1ccc(F)cc1)c1cccnc1. The van der Waals surface area contributed by atoms with Gasteiger partial charge in [-0.05, 0) is 48.0 Å². The Balaban J connectivity index is 1.90. The summed E-state index contributed by atoms with van der Waals surface area (Å²) in [5.41, 5.74) is 0.745. The van der Waals surface area contributed by atoms with E-state index < -0.39 is 26.8 Å². The molecule has 0 aliphatic carbocycles. The number of sulfone groups is 1. The molecule has 0 spiro atoms. The predicted octanol–water partition coefficient (Wildman–Crippen LogP) is 2.56. The van der Waals surface area contributed by atoms with Crippen LogP contribution in [0, 0.1) is 5.82 Å². The molecule has 138 valence electrons. The molecule has 0 aliphatic rings. The Bertz CT molecular complexity index is 1010. The van der Waals surface area contributed by atoms with Crippen molar-refractivity contribution >= 4 is 15.7 Å². The molecule has 6 nitrogen and oxygen atoms in total. The van der Waals surface area contributed by atoms with Gasteiger partial charge in [-0.1, -0.05) is 6.07 Å². The minimum Gasteiger partial charge on any atom is -0.350 e. The van der Waals surface area contributed by atoms with E-state index in [1.165, 1.54) is 36.9 Å². The molecule has 0 aliphatic heterocycles. The Morgan fingerprint density at radius 1 is 1.00 bits per heavy atom. The summed E-state index contributed by atoms with van der Waals surface area (Å²) in [6, 6.07) is 11.0. The van der Waals surface area contributed by atoms with Gasteiger partial charge in [0.1, 0.15) is 11.1 Å². The molecule has 3 aromatic rings. The Kier molecular flexibility index (Phi) is 5.56. The minimum absolute atomic E-state index is 0.0339. The molecule has 0 unspecified atom stereocenters. The van der Waals surface area contributed by atoms with Crippen molar-refractivity contribution in [3.63, 3.8) is 0 Å². The van der Waals surface area contributed by atoms with E-state index in [2.05, 4.69) is 15.3 Å². The number of nitrogens with one attached hydrogen (secondary N) is 1. The van der Waals surface area contributed by atoms with Gasteiger partial charge in [0.2, 0.25) is 0 Å². The summed E-state index contributed by atoms with van der Waals surface area (Å²) in [6.07, 6.45) is 5.89. The maximum Gasteiger partial charge on any atom is 0.252 e. The lowest BCUT2D eigenvalue weighted by molar-refractivity contribution is 0.0953. The van der Waals surface area contributed by atoms with E-state index in [1.807, 2.05) is 0 Å². The van der Waals surface area contributed by atoms with Gasteiger partial charge in [-0.3, -0.25) is 14.8 Å². The highest BCUT2D eigenvalue weighted by atomic mass is 32.2. The molecule has 0 radical (unpaired) electrons. The number of pyridine rings is 2. The number of carbonyl (C=O) groups is 1. The van der Waals surface area contributed by atoms with E-state index in [1.54, 1.807) is 24.3 Å².